The third-order valence-corrected chi connectivity index (χ3v) is 8.62. The molecule has 0 spiro atoms. The predicted molar refractivity (Wildman–Crippen MR) is 178 cm³/mol. The van der Waals surface area contributed by atoms with Gasteiger partial charge in [0, 0.05) is 0 Å². The number of fused-ring (bicyclic) bond motifs is 3. The van der Waals surface area contributed by atoms with E-state index in [1.165, 1.54) is 93.5 Å². The number of aryl methyl sites for hydroxylation is 6. The zero-order valence-corrected chi connectivity index (χ0v) is 28.4. The second kappa shape index (κ2) is 15.5. The largest absolute Gasteiger partial charge is 0.273 e. The Morgan fingerprint density at radius 1 is 0.625 bits per heavy atom. The molecule has 40 heavy (non-hydrogen) atoms. The van der Waals surface area contributed by atoms with Crippen LogP contribution in [0.2, 0.25) is 0 Å². The summed E-state index contributed by atoms with van der Waals surface area (Å²) in [5.74, 6) is 0. The molecule has 0 amide bonds. The van der Waals surface area contributed by atoms with Crippen LogP contribution >= 0.6 is 24.8 Å². The predicted octanol–water partition coefficient (Wildman–Crippen LogP) is 10.5. The van der Waals surface area contributed by atoms with E-state index in [9.17, 15) is 0 Å². The first-order valence-corrected chi connectivity index (χ1v) is 14.5. The molecule has 0 fully saturated rings. The molecule has 204 valence electrons. The molecule has 0 heterocycles. The van der Waals surface area contributed by atoms with Crippen molar-refractivity contribution in [2.75, 3.05) is 0 Å². The molecule has 0 bridgehead atoms. The molecule has 0 saturated heterocycles. The van der Waals surface area contributed by atoms with Gasteiger partial charge in [-0.1, -0.05) is 34.4 Å². The monoisotopic (exact) mass is 642 g/mol. The van der Waals surface area contributed by atoms with Crippen LogP contribution in [0.25, 0.3) is 21.5 Å². The molecule has 5 aromatic carbocycles. The summed E-state index contributed by atoms with van der Waals surface area (Å²) in [4.78, 5) is 0. The first-order valence-electron chi connectivity index (χ1n) is 13.2. The van der Waals surface area contributed by atoms with E-state index in [4.69, 9.17) is 0 Å². The van der Waals surface area contributed by atoms with Gasteiger partial charge in [-0.2, -0.15) is 6.08 Å². The Kier molecular flexibility index (Phi) is 13.1. The van der Waals surface area contributed by atoms with Crippen molar-refractivity contribution in [2.45, 2.75) is 48.0 Å². The molecule has 3 heteroatoms. The average Bonchev–Trinajstić information content (AvgIpc) is 3.58. The van der Waals surface area contributed by atoms with Gasteiger partial charge in [0.15, 0.2) is 0 Å². The van der Waals surface area contributed by atoms with E-state index in [1.54, 1.807) is 0 Å². The van der Waals surface area contributed by atoms with Crippen molar-refractivity contribution in [1.82, 2.24) is 0 Å². The average molecular weight is 645 g/mol. The molecular formula is C37H38Cl2Zr. The minimum absolute atomic E-state index is 0. The molecule has 0 aliphatic heterocycles. The van der Waals surface area contributed by atoms with E-state index in [1.807, 2.05) is 12.2 Å². The molecule has 0 N–H and O–H groups in total. The van der Waals surface area contributed by atoms with E-state index in [0.717, 1.165) is 6.42 Å². The number of hydrogen-bond acceptors (Lipinski definition) is 0. The van der Waals surface area contributed by atoms with Gasteiger partial charge in [0.1, 0.15) is 0 Å². The molecule has 6 rings (SSSR count). The Bertz CT molecular complexity index is 1510. The first kappa shape index (κ1) is 33.8. The second-order valence-electron chi connectivity index (χ2n) is 10.3. The van der Waals surface area contributed by atoms with Crippen molar-refractivity contribution in [3.8, 4) is 0 Å². The van der Waals surface area contributed by atoms with Crippen LogP contribution in [0.1, 0.15) is 50.9 Å². The van der Waals surface area contributed by atoms with Crippen LogP contribution in [0.4, 0.5) is 0 Å². The van der Waals surface area contributed by atoms with Crippen LogP contribution in [0.15, 0.2) is 97.1 Å². The second-order valence-corrected chi connectivity index (χ2v) is 11.5. The number of halogens is 2. The summed E-state index contributed by atoms with van der Waals surface area (Å²) in [6.07, 6.45) is 10.0. The van der Waals surface area contributed by atoms with Gasteiger partial charge in [-0.25, -0.2) is 12.2 Å². The molecule has 0 unspecified atom stereocenters. The number of rotatable bonds is 2. The number of allylic oxidation sites excluding steroid dienone is 4. The molecule has 5 aromatic rings. The van der Waals surface area contributed by atoms with E-state index >= 15 is 0 Å². The molecule has 1 aliphatic rings. The Hall–Kier alpha value is -2.44. The van der Waals surface area contributed by atoms with Gasteiger partial charge < -0.3 is 0 Å². The van der Waals surface area contributed by atoms with Crippen molar-refractivity contribution in [1.29, 1.82) is 0 Å². The summed E-state index contributed by atoms with van der Waals surface area (Å²) in [5, 5.41) is 5.53. The summed E-state index contributed by atoms with van der Waals surface area (Å²) in [7, 11) is 0. The standard InChI is InChI=1S/C17H17.C15H14.C5H5.2ClH.Zr/c1-10-5-14-9-15-6-11(2)13(4)8-17(15)16(14)7-12(10)3;1-12-3-7-14(8-4-12)11-15-9-5-13(2)6-10-15;1-2-4-5-3-1;;;/h5-9H,1-4H3;3-10H,1-2H3;1-3H,4H2;2*1H;/q-1;;-1;;;+2. The third-order valence-electron chi connectivity index (χ3n) is 7.20. The van der Waals surface area contributed by atoms with Crippen molar-refractivity contribution < 1.29 is 24.2 Å². The Labute approximate surface area is 267 Å². The topological polar surface area (TPSA) is 0 Å². The maximum absolute atomic E-state index is 2.99. The van der Waals surface area contributed by atoms with Gasteiger partial charge >= 0.3 is 112 Å². The minimum Gasteiger partial charge on any atom is -0.273 e. The van der Waals surface area contributed by atoms with E-state index in [2.05, 4.69) is 133 Å². The summed E-state index contributed by atoms with van der Waals surface area (Å²) < 4.78 is 1.42. The summed E-state index contributed by atoms with van der Waals surface area (Å²) >= 11 is 1.46. The van der Waals surface area contributed by atoms with Crippen LogP contribution in [0.3, 0.4) is 0 Å². The Morgan fingerprint density at radius 2 is 1.02 bits per heavy atom. The van der Waals surface area contributed by atoms with E-state index < -0.39 is 0 Å². The summed E-state index contributed by atoms with van der Waals surface area (Å²) in [6, 6.07) is 29.1. The molecule has 0 atom stereocenters. The van der Waals surface area contributed by atoms with Crippen molar-refractivity contribution in [2.24, 2.45) is 0 Å². The molecule has 0 nitrogen and oxygen atoms in total. The first-order chi connectivity index (χ1) is 18.2. The van der Waals surface area contributed by atoms with Crippen LogP contribution in [0.5, 0.6) is 0 Å². The molecule has 0 radical (unpaired) electrons. The van der Waals surface area contributed by atoms with Crippen LogP contribution in [0, 0.1) is 47.6 Å². The Morgan fingerprint density at radius 3 is 1.35 bits per heavy atom. The normalized spacial score (nSPS) is 11.2. The fraction of sp³-hybridized carbons (Fsp3) is 0.189. The quantitative estimate of drug-likeness (QED) is 0.168. The number of hydrogen-bond donors (Lipinski definition) is 0. The Balaban J connectivity index is 0.000000229. The van der Waals surface area contributed by atoms with Crippen molar-refractivity contribution >= 4 is 49.6 Å². The van der Waals surface area contributed by atoms with Gasteiger partial charge in [0.25, 0.3) is 0 Å². The third kappa shape index (κ3) is 8.53. The van der Waals surface area contributed by atoms with Gasteiger partial charge in [0.2, 0.25) is 0 Å². The van der Waals surface area contributed by atoms with Crippen LogP contribution < -0.4 is 0 Å². The maximum atomic E-state index is 2.99. The van der Waals surface area contributed by atoms with E-state index in [-0.39, 0.29) is 24.8 Å². The molecule has 1 aliphatic carbocycles. The number of benzene rings is 4. The smallest absolute Gasteiger partial charge is 0.109 e. The van der Waals surface area contributed by atoms with E-state index in [0.29, 0.717) is 0 Å². The van der Waals surface area contributed by atoms with Crippen molar-refractivity contribution in [3.63, 3.8) is 0 Å². The SMILES string of the molecule is Cc1cc2[cH-]c3cc(C)c(C)cc3c2cc1C.Cc1ccc([C](=[Zr+2])c2ccc(C)cc2)cc1.Cl.Cl.[C-]1=CC=CC1. The van der Waals surface area contributed by atoms with Crippen molar-refractivity contribution in [3.05, 3.63) is 148 Å². The van der Waals surface area contributed by atoms with Gasteiger partial charge in [-0.15, -0.1) is 71.0 Å². The summed E-state index contributed by atoms with van der Waals surface area (Å²) in [5.41, 5.74) is 10.8. The fourth-order valence-corrected chi connectivity index (χ4v) is 5.32. The van der Waals surface area contributed by atoms with Gasteiger partial charge in [-0.3, -0.25) is 6.08 Å². The fourth-order valence-electron chi connectivity index (χ4n) is 4.50. The molecular weight excluding hydrogens is 607 g/mol. The minimum atomic E-state index is 0. The molecule has 0 saturated carbocycles. The summed E-state index contributed by atoms with van der Waals surface area (Å²) in [6.45, 7) is 13.0. The van der Waals surface area contributed by atoms with Crippen LogP contribution in [-0.2, 0) is 24.2 Å². The zero-order chi connectivity index (χ0) is 27.2. The van der Waals surface area contributed by atoms with Gasteiger partial charge in [-0.05, 0) is 27.7 Å². The molecule has 0 aromatic heterocycles. The maximum Gasteiger partial charge on any atom is -0.109 e. The zero-order valence-electron chi connectivity index (χ0n) is 24.3. The van der Waals surface area contributed by atoms with Crippen LogP contribution in [-0.4, -0.2) is 3.21 Å². The van der Waals surface area contributed by atoms with Gasteiger partial charge in [0.05, 0.1) is 0 Å².